The van der Waals surface area contributed by atoms with Gasteiger partial charge in [-0.15, -0.1) is 0 Å². The van der Waals surface area contributed by atoms with Crippen molar-refractivity contribution in [3.05, 3.63) is 22.7 Å². The van der Waals surface area contributed by atoms with Crippen LogP contribution in [0.15, 0.2) is 17.0 Å². The molecule has 0 saturated heterocycles. The number of amides is 1. The first kappa shape index (κ1) is 10.1. The first-order valence-corrected chi connectivity index (χ1v) is 4.39. The predicted octanol–water partition coefficient (Wildman–Crippen LogP) is -0.0388. The highest BCUT2D eigenvalue weighted by Crippen LogP contribution is 2.10. The van der Waals surface area contributed by atoms with E-state index in [1.807, 2.05) is 0 Å². The Balaban J connectivity index is 2.71. The maximum Gasteiger partial charge on any atom is 0.271 e. The molecule has 2 N–H and O–H groups in total. The van der Waals surface area contributed by atoms with Crippen molar-refractivity contribution in [2.24, 2.45) is 0 Å². The summed E-state index contributed by atoms with van der Waals surface area (Å²) in [6, 6.07) is 0. The third-order valence-corrected chi connectivity index (χ3v) is 1.86. The van der Waals surface area contributed by atoms with E-state index in [0.29, 0.717) is 4.47 Å². The molecule has 0 aromatic carbocycles. The van der Waals surface area contributed by atoms with Crippen LogP contribution in [0.4, 0.5) is 0 Å². The zero-order valence-electron chi connectivity index (χ0n) is 6.70. The molecule has 1 rings (SSSR count). The van der Waals surface area contributed by atoms with Gasteiger partial charge in [0.2, 0.25) is 0 Å². The maximum absolute atomic E-state index is 11.3. The molecular weight excluding hydrogens is 238 g/mol. The van der Waals surface area contributed by atoms with Gasteiger partial charge in [-0.25, -0.2) is 9.97 Å². The molecule has 70 valence electrons. The van der Waals surface area contributed by atoms with Gasteiger partial charge in [0.15, 0.2) is 0 Å². The summed E-state index contributed by atoms with van der Waals surface area (Å²) in [5.74, 6) is -0.330. The van der Waals surface area contributed by atoms with E-state index in [0.717, 1.165) is 0 Å². The van der Waals surface area contributed by atoms with Gasteiger partial charge < -0.3 is 10.4 Å². The summed E-state index contributed by atoms with van der Waals surface area (Å²) in [5, 5.41) is 11.0. The molecule has 0 atom stereocenters. The lowest BCUT2D eigenvalue weighted by molar-refractivity contribution is 0.0938. The van der Waals surface area contributed by atoms with E-state index >= 15 is 0 Å². The van der Waals surface area contributed by atoms with E-state index in [1.54, 1.807) is 0 Å². The number of aliphatic hydroxyl groups is 1. The number of aliphatic hydroxyl groups excluding tert-OH is 1. The minimum atomic E-state index is -0.330. The van der Waals surface area contributed by atoms with Crippen molar-refractivity contribution in [3.63, 3.8) is 0 Å². The molecule has 0 bridgehead atoms. The molecule has 0 unspecified atom stereocenters. The Morgan fingerprint density at radius 1 is 1.69 bits per heavy atom. The van der Waals surface area contributed by atoms with Crippen molar-refractivity contribution in [1.82, 2.24) is 15.3 Å². The van der Waals surface area contributed by atoms with Gasteiger partial charge in [0.1, 0.15) is 12.0 Å². The smallest absolute Gasteiger partial charge is 0.271 e. The fraction of sp³-hybridized carbons (Fsp3) is 0.286. The summed E-state index contributed by atoms with van der Waals surface area (Å²) in [6.07, 6.45) is 2.78. The minimum absolute atomic E-state index is 0.0888. The normalized spacial score (nSPS) is 9.69. The van der Waals surface area contributed by atoms with Crippen LogP contribution in [0.2, 0.25) is 0 Å². The molecule has 1 heterocycles. The van der Waals surface area contributed by atoms with Crippen LogP contribution >= 0.6 is 15.9 Å². The van der Waals surface area contributed by atoms with Gasteiger partial charge in [-0.3, -0.25) is 4.79 Å². The third-order valence-electron chi connectivity index (χ3n) is 1.28. The first-order valence-electron chi connectivity index (χ1n) is 3.60. The monoisotopic (exact) mass is 245 g/mol. The highest BCUT2D eigenvalue weighted by atomic mass is 79.9. The standard InChI is InChI=1S/C7H8BrN3O2/c8-5-3-9-4-11-6(5)7(13)10-1-2-12/h3-4,12H,1-2H2,(H,10,13). The van der Waals surface area contributed by atoms with Crippen molar-refractivity contribution >= 4 is 21.8 Å². The van der Waals surface area contributed by atoms with E-state index in [1.165, 1.54) is 12.5 Å². The van der Waals surface area contributed by atoms with Crippen LogP contribution < -0.4 is 5.32 Å². The van der Waals surface area contributed by atoms with Crippen molar-refractivity contribution < 1.29 is 9.90 Å². The van der Waals surface area contributed by atoms with Gasteiger partial charge in [0, 0.05) is 12.7 Å². The molecular formula is C7H8BrN3O2. The first-order chi connectivity index (χ1) is 6.25. The van der Waals surface area contributed by atoms with E-state index < -0.39 is 0 Å². The van der Waals surface area contributed by atoms with Gasteiger partial charge in [0.05, 0.1) is 11.1 Å². The Morgan fingerprint density at radius 2 is 2.46 bits per heavy atom. The van der Waals surface area contributed by atoms with Gasteiger partial charge in [-0.1, -0.05) is 0 Å². The second-order valence-corrected chi connectivity index (χ2v) is 3.05. The van der Waals surface area contributed by atoms with Crippen LogP contribution in [-0.2, 0) is 0 Å². The Hall–Kier alpha value is -1.01. The van der Waals surface area contributed by atoms with Crippen molar-refractivity contribution in [2.75, 3.05) is 13.2 Å². The largest absolute Gasteiger partial charge is 0.395 e. The second-order valence-electron chi connectivity index (χ2n) is 2.20. The number of aromatic nitrogens is 2. The quantitative estimate of drug-likeness (QED) is 0.784. The molecule has 1 aromatic rings. The lowest BCUT2D eigenvalue weighted by Crippen LogP contribution is -2.27. The molecule has 13 heavy (non-hydrogen) atoms. The number of carbonyl (C=O) groups excluding carboxylic acids is 1. The average molecular weight is 246 g/mol. The molecule has 0 aliphatic rings. The van der Waals surface area contributed by atoms with Crippen LogP contribution in [0, 0.1) is 0 Å². The number of nitrogens with zero attached hydrogens (tertiary/aromatic N) is 2. The number of nitrogens with one attached hydrogen (secondary N) is 1. The Morgan fingerprint density at radius 3 is 3.08 bits per heavy atom. The Kier molecular flexibility index (Phi) is 3.78. The molecule has 0 fully saturated rings. The fourth-order valence-corrected chi connectivity index (χ4v) is 1.13. The average Bonchev–Trinajstić information content (AvgIpc) is 2.15. The van der Waals surface area contributed by atoms with Gasteiger partial charge >= 0.3 is 0 Å². The third kappa shape index (κ3) is 2.74. The SMILES string of the molecule is O=C(NCCO)c1ncncc1Br. The lowest BCUT2D eigenvalue weighted by Gasteiger charge is -2.02. The fourth-order valence-electron chi connectivity index (χ4n) is 0.733. The number of hydrogen-bond acceptors (Lipinski definition) is 4. The summed E-state index contributed by atoms with van der Waals surface area (Å²) >= 11 is 3.14. The van der Waals surface area contributed by atoms with Crippen molar-refractivity contribution in [1.29, 1.82) is 0 Å². The molecule has 0 radical (unpaired) electrons. The van der Waals surface area contributed by atoms with Gasteiger partial charge in [-0.2, -0.15) is 0 Å². The summed E-state index contributed by atoms with van der Waals surface area (Å²) in [5.41, 5.74) is 0.267. The number of halogens is 1. The zero-order chi connectivity index (χ0) is 9.68. The van der Waals surface area contributed by atoms with Gasteiger partial charge in [-0.05, 0) is 15.9 Å². The topological polar surface area (TPSA) is 75.1 Å². The van der Waals surface area contributed by atoms with Crippen LogP contribution in [0.1, 0.15) is 10.5 Å². The summed E-state index contributed by atoms with van der Waals surface area (Å²) in [4.78, 5) is 18.8. The highest BCUT2D eigenvalue weighted by Gasteiger charge is 2.09. The maximum atomic E-state index is 11.3. The highest BCUT2D eigenvalue weighted by molar-refractivity contribution is 9.10. The number of hydrogen-bond donors (Lipinski definition) is 2. The zero-order valence-corrected chi connectivity index (χ0v) is 8.28. The molecule has 0 spiro atoms. The Bertz CT molecular complexity index is 306. The Labute approximate surface area is 83.3 Å². The summed E-state index contributed by atoms with van der Waals surface area (Å²) < 4.78 is 0.533. The number of rotatable bonds is 3. The van der Waals surface area contributed by atoms with Crippen LogP contribution in [0.5, 0.6) is 0 Å². The summed E-state index contributed by atoms with van der Waals surface area (Å²) in [6.45, 7) is 0.129. The number of carbonyl (C=O) groups is 1. The molecule has 0 aliphatic carbocycles. The van der Waals surface area contributed by atoms with E-state index in [2.05, 4.69) is 31.2 Å². The predicted molar refractivity (Wildman–Crippen MR) is 49.2 cm³/mol. The van der Waals surface area contributed by atoms with Crippen molar-refractivity contribution in [3.8, 4) is 0 Å². The molecule has 1 aromatic heterocycles. The van der Waals surface area contributed by atoms with Crippen LogP contribution in [0.25, 0.3) is 0 Å². The van der Waals surface area contributed by atoms with E-state index in [9.17, 15) is 4.79 Å². The molecule has 5 nitrogen and oxygen atoms in total. The second kappa shape index (κ2) is 4.88. The van der Waals surface area contributed by atoms with Crippen molar-refractivity contribution in [2.45, 2.75) is 0 Å². The molecule has 0 saturated carbocycles. The van der Waals surface area contributed by atoms with Gasteiger partial charge in [0.25, 0.3) is 5.91 Å². The van der Waals surface area contributed by atoms with E-state index in [-0.39, 0.29) is 24.8 Å². The molecule has 1 amide bonds. The molecule has 0 aliphatic heterocycles. The van der Waals surface area contributed by atoms with Crippen LogP contribution in [0.3, 0.4) is 0 Å². The van der Waals surface area contributed by atoms with E-state index in [4.69, 9.17) is 5.11 Å². The van der Waals surface area contributed by atoms with Crippen LogP contribution in [-0.4, -0.2) is 34.1 Å². The lowest BCUT2D eigenvalue weighted by atomic mass is 10.4. The molecule has 6 heteroatoms. The minimum Gasteiger partial charge on any atom is -0.395 e. The summed E-state index contributed by atoms with van der Waals surface area (Å²) in [7, 11) is 0.